The number of Topliss-reactive ketones (excluding diaryl/α,β-unsaturated/α-hetero) is 1. The average molecular weight is 530 g/mol. The number of ether oxygens (including phenoxy) is 1. The minimum atomic E-state index is -4.61. The lowest BCUT2D eigenvalue weighted by Crippen LogP contribution is -2.31. The standard InChI is InChI=1S/C26H34F3NO5S/c1-16(2)25-14-20(30-35-25)9-7-18-5-6-19(13-18)8-11-23(31)22-15-21(36(4,32)33)10-12-24(22)34-17(3)26(27,28)29/h10,12,14-19H,5-9,11,13H2,1-4H3/t17-,18?,19?/m1/s1. The monoisotopic (exact) mass is 529 g/mol. The van der Waals surface area contributed by atoms with E-state index in [4.69, 9.17) is 9.26 Å². The van der Waals surface area contributed by atoms with Gasteiger partial charge in [-0.05, 0) is 62.6 Å². The molecule has 2 unspecified atom stereocenters. The Morgan fingerprint density at radius 2 is 1.81 bits per heavy atom. The number of carbonyl (C=O) groups excluding carboxylic acids is 1. The van der Waals surface area contributed by atoms with E-state index in [0.29, 0.717) is 24.2 Å². The van der Waals surface area contributed by atoms with Gasteiger partial charge >= 0.3 is 6.18 Å². The van der Waals surface area contributed by atoms with Gasteiger partial charge in [-0.1, -0.05) is 31.8 Å². The van der Waals surface area contributed by atoms with Gasteiger partial charge in [0.2, 0.25) is 0 Å². The molecule has 3 rings (SSSR count). The Hall–Kier alpha value is -2.36. The summed E-state index contributed by atoms with van der Waals surface area (Å²) in [5.41, 5.74) is 0.819. The second kappa shape index (κ2) is 11.4. The zero-order chi connectivity index (χ0) is 26.7. The van der Waals surface area contributed by atoms with E-state index in [1.54, 1.807) is 0 Å². The van der Waals surface area contributed by atoms with Gasteiger partial charge in [-0.3, -0.25) is 4.79 Å². The zero-order valence-corrected chi connectivity index (χ0v) is 21.9. The van der Waals surface area contributed by atoms with Crippen LogP contribution in [0.4, 0.5) is 13.2 Å². The van der Waals surface area contributed by atoms with Crippen molar-refractivity contribution in [1.82, 2.24) is 5.16 Å². The number of aryl methyl sites for hydroxylation is 1. The van der Waals surface area contributed by atoms with Gasteiger partial charge in [0.1, 0.15) is 11.5 Å². The molecule has 1 fully saturated rings. The summed E-state index contributed by atoms with van der Waals surface area (Å²) in [5.74, 6) is 1.34. The van der Waals surface area contributed by atoms with E-state index in [1.807, 2.05) is 6.07 Å². The van der Waals surface area contributed by atoms with Crippen LogP contribution in [0.5, 0.6) is 5.75 Å². The van der Waals surface area contributed by atoms with Crippen molar-refractivity contribution in [1.29, 1.82) is 0 Å². The summed E-state index contributed by atoms with van der Waals surface area (Å²) in [7, 11) is -3.64. The second-order valence-electron chi connectivity index (χ2n) is 10.2. The highest BCUT2D eigenvalue weighted by Crippen LogP contribution is 2.37. The maximum absolute atomic E-state index is 13.0. The Morgan fingerprint density at radius 3 is 2.39 bits per heavy atom. The van der Waals surface area contributed by atoms with Crippen molar-refractivity contribution < 1.29 is 35.6 Å². The summed E-state index contributed by atoms with van der Waals surface area (Å²) < 4.78 is 73.4. The molecule has 0 N–H and O–H groups in total. The quantitative estimate of drug-likeness (QED) is 0.307. The number of nitrogens with zero attached hydrogens (tertiary/aromatic N) is 1. The molecule has 1 saturated carbocycles. The van der Waals surface area contributed by atoms with E-state index in [9.17, 15) is 26.4 Å². The van der Waals surface area contributed by atoms with Crippen LogP contribution in [0.25, 0.3) is 0 Å². The van der Waals surface area contributed by atoms with Crippen LogP contribution < -0.4 is 4.74 Å². The molecule has 0 spiro atoms. The van der Waals surface area contributed by atoms with Crippen LogP contribution in [0.1, 0.15) is 87.0 Å². The van der Waals surface area contributed by atoms with Gasteiger partial charge in [0, 0.05) is 24.7 Å². The first-order chi connectivity index (χ1) is 16.7. The number of hydrogen-bond acceptors (Lipinski definition) is 6. The fourth-order valence-corrected chi connectivity index (χ4v) is 5.21. The van der Waals surface area contributed by atoms with Crippen molar-refractivity contribution in [3.05, 3.63) is 41.3 Å². The fraction of sp³-hybridized carbons (Fsp3) is 0.615. The summed E-state index contributed by atoms with van der Waals surface area (Å²) in [6, 6.07) is 5.41. The number of carbonyl (C=O) groups is 1. The number of halogens is 3. The number of alkyl halides is 3. The molecule has 6 nitrogen and oxygen atoms in total. The van der Waals surface area contributed by atoms with Crippen molar-refractivity contribution in [2.24, 2.45) is 11.8 Å². The highest BCUT2D eigenvalue weighted by molar-refractivity contribution is 7.90. The Bertz CT molecular complexity index is 1160. The Labute approximate surface area is 210 Å². The average Bonchev–Trinajstić information content (AvgIpc) is 3.44. The van der Waals surface area contributed by atoms with E-state index < -0.39 is 27.9 Å². The molecular formula is C26H34F3NO5S. The molecule has 1 aromatic heterocycles. The molecule has 1 heterocycles. The van der Waals surface area contributed by atoms with Gasteiger partial charge in [0.15, 0.2) is 21.7 Å². The normalized spacial score (nSPS) is 19.6. The van der Waals surface area contributed by atoms with Gasteiger partial charge in [-0.2, -0.15) is 13.2 Å². The third-order valence-corrected chi connectivity index (χ3v) is 7.94. The predicted molar refractivity (Wildman–Crippen MR) is 129 cm³/mol. The molecule has 3 atom stereocenters. The van der Waals surface area contributed by atoms with Gasteiger partial charge in [-0.25, -0.2) is 8.42 Å². The number of aromatic nitrogens is 1. The first-order valence-corrected chi connectivity index (χ1v) is 14.2. The minimum Gasteiger partial charge on any atom is -0.480 e. The SMILES string of the molecule is CC(C)c1cc(CCC2CCC(CCC(=O)c3cc(S(C)(=O)=O)ccc3O[C@H](C)C(F)(F)F)C2)no1. The lowest BCUT2D eigenvalue weighted by atomic mass is 9.94. The number of sulfone groups is 1. The molecule has 36 heavy (non-hydrogen) atoms. The molecule has 1 aromatic carbocycles. The second-order valence-corrected chi connectivity index (χ2v) is 12.2. The van der Waals surface area contributed by atoms with Gasteiger partial charge in [0.25, 0.3) is 0 Å². The Balaban J connectivity index is 1.60. The number of benzene rings is 1. The first kappa shape index (κ1) is 28.2. The Kier molecular flexibility index (Phi) is 8.90. The van der Waals surface area contributed by atoms with Crippen LogP contribution in [-0.4, -0.2) is 37.9 Å². The van der Waals surface area contributed by atoms with E-state index in [2.05, 4.69) is 19.0 Å². The lowest BCUT2D eigenvalue weighted by Gasteiger charge is -2.20. The summed E-state index contributed by atoms with van der Waals surface area (Å²) in [5, 5.41) is 4.13. The van der Waals surface area contributed by atoms with Crippen LogP contribution in [0.15, 0.2) is 33.7 Å². The third-order valence-electron chi connectivity index (χ3n) is 6.83. The summed E-state index contributed by atoms with van der Waals surface area (Å²) >= 11 is 0. The zero-order valence-electron chi connectivity index (χ0n) is 21.1. The molecule has 0 bridgehead atoms. The summed E-state index contributed by atoms with van der Waals surface area (Å²) in [6.45, 7) is 4.95. The van der Waals surface area contributed by atoms with Crippen LogP contribution in [0, 0.1) is 11.8 Å². The Morgan fingerprint density at radius 1 is 1.14 bits per heavy atom. The predicted octanol–water partition coefficient (Wildman–Crippen LogP) is 6.54. The van der Waals surface area contributed by atoms with Crippen molar-refractivity contribution in [2.45, 2.75) is 88.8 Å². The van der Waals surface area contributed by atoms with E-state index >= 15 is 0 Å². The van der Waals surface area contributed by atoms with Crippen molar-refractivity contribution in [2.75, 3.05) is 6.26 Å². The van der Waals surface area contributed by atoms with Crippen molar-refractivity contribution in [3.63, 3.8) is 0 Å². The van der Waals surface area contributed by atoms with Crippen LogP contribution >= 0.6 is 0 Å². The van der Waals surface area contributed by atoms with Gasteiger partial charge in [-0.15, -0.1) is 0 Å². The molecule has 1 aliphatic carbocycles. The summed E-state index contributed by atoms with van der Waals surface area (Å²) in [4.78, 5) is 12.9. The molecule has 2 aromatic rings. The van der Waals surface area contributed by atoms with Crippen LogP contribution in [0.3, 0.4) is 0 Å². The van der Waals surface area contributed by atoms with E-state index in [0.717, 1.165) is 74.9 Å². The molecule has 0 saturated heterocycles. The number of hydrogen-bond donors (Lipinski definition) is 0. The highest BCUT2D eigenvalue weighted by atomic mass is 32.2. The molecule has 1 aliphatic rings. The molecular weight excluding hydrogens is 495 g/mol. The number of ketones is 1. The van der Waals surface area contributed by atoms with Gasteiger partial charge in [0.05, 0.1) is 16.2 Å². The molecule has 200 valence electrons. The number of rotatable bonds is 11. The van der Waals surface area contributed by atoms with E-state index in [-0.39, 0.29) is 22.6 Å². The molecule has 0 radical (unpaired) electrons. The maximum Gasteiger partial charge on any atom is 0.425 e. The van der Waals surface area contributed by atoms with Crippen LogP contribution in [0.2, 0.25) is 0 Å². The molecule has 0 aliphatic heterocycles. The lowest BCUT2D eigenvalue weighted by molar-refractivity contribution is -0.189. The highest BCUT2D eigenvalue weighted by Gasteiger charge is 2.38. The topological polar surface area (TPSA) is 86.5 Å². The van der Waals surface area contributed by atoms with Crippen molar-refractivity contribution in [3.8, 4) is 5.75 Å². The largest absolute Gasteiger partial charge is 0.480 e. The summed E-state index contributed by atoms with van der Waals surface area (Å²) in [6.07, 6.45) is -0.239. The fourth-order valence-electron chi connectivity index (χ4n) is 4.56. The van der Waals surface area contributed by atoms with Crippen LogP contribution in [-0.2, 0) is 16.3 Å². The molecule has 0 amide bonds. The third kappa shape index (κ3) is 7.57. The first-order valence-electron chi connectivity index (χ1n) is 12.3. The molecule has 10 heteroatoms. The maximum atomic E-state index is 13.0. The van der Waals surface area contributed by atoms with Gasteiger partial charge < -0.3 is 9.26 Å². The van der Waals surface area contributed by atoms with E-state index in [1.165, 1.54) is 0 Å². The van der Waals surface area contributed by atoms with Crippen molar-refractivity contribution >= 4 is 15.6 Å². The smallest absolute Gasteiger partial charge is 0.425 e. The minimum absolute atomic E-state index is 0.113.